The van der Waals surface area contributed by atoms with E-state index in [0.29, 0.717) is 6.04 Å². The number of nitrogens with zero attached hydrogens (tertiary/aromatic N) is 1. The third kappa shape index (κ3) is 2.49. The molecule has 1 aliphatic carbocycles. The number of hydrogen-bond donors (Lipinski definition) is 2. The van der Waals surface area contributed by atoms with Crippen LogP contribution in [0.5, 0.6) is 0 Å². The molecule has 1 atom stereocenters. The molecule has 18 heavy (non-hydrogen) atoms. The van der Waals surface area contributed by atoms with E-state index in [2.05, 4.69) is 49.4 Å². The van der Waals surface area contributed by atoms with Gasteiger partial charge in [-0.2, -0.15) is 0 Å². The molecule has 1 aliphatic rings. The van der Waals surface area contributed by atoms with Crippen LogP contribution in [0.25, 0.3) is 0 Å². The number of benzene rings is 1. The zero-order valence-electron chi connectivity index (χ0n) is 10.1. The van der Waals surface area contributed by atoms with Gasteiger partial charge in [0, 0.05) is 35.9 Å². The Kier molecular flexibility index (Phi) is 3.48. The molecule has 94 valence electrons. The largest absolute Gasteiger partial charge is 0.349 e. The zero-order valence-corrected chi connectivity index (χ0v) is 11.7. The summed E-state index contributed by atoms with van der Waals surface area (Å²) >= 11 is 3.53. The summed E-state index contributed by atoms with van der Waals surface area (Å²) in [6, 6.07) is 7.11. The van der Waals surface area contributed by atoms with Gasteiger partial charge in [0.1, 0.15) is 5.82 Å². The lowest BCUT2D eigenvalue weighted by Crippen LogP contribution is -2.22. The molecule has 4 heteroatoms. The highest BCUT2D eigenvalue weighted by Crippen LogP contribution is 2.32. The van der Waals surface area contributed by atoms with Crippen LogP contribution in [0.15, 0.2) is 35.1 Å². The molecule has 0 saturated heterocycles. The molecule has 1 aromatic carbocycles. The summed E-state index contributed by atoms with van der Waals surface area (Å²) in [5, 5.41) is 3.62. The first kappa shape index (κ1) is 11.9. The highest BCUT2D eigenvalue weighted by atomic mass is 79.9. The van der Waals surface area contributed by atoms with E-state index >= 15 is 0 Å². The minimum Gasteiger partial charge on any atom is -0.349 e. The van der Waals surface area contributed by atoms with Gasteiger partial charge >= 0.3 is 0 Å². The Morgan fingerprint density at radius 3 is 3.22 bits per heavy atom. The van der Waals surface area contributed by atoms with Crippen LogP contribution in [0.2, 0.25) is 0 Å². The number of imidazole rings is 1. The van der Waals surface area contributed by atoms with E-state index in [1.807, 2.05) is 6.20 Å². The van der Waals surface area contributed by atoms with Gasteiger partial charge in [-0.1, -0.05) is 22.0 Å². The Morgan fingerprint density at radius 2 is 2.39 bits per heavy atom. The number of rotatable bonds is 4. The van der Waals surface area contributed by atoms with Gasteiger partial charge in [0.05, 0.1) is 0 Å². The SMILES string of the molecule is Brc1ccc2c(c1)CCC2NCCc1ncc[nH]1. The lowest BCUT2D eigenvalue weighted by atomic mass is 10.1. The maximum atomic E-state index is 4.23. The van der Waals surface area contributed by atoms with Gasteiger partial charge in [-0.15, -0.1) is 0 Å². The third-order valence-electron chi connectivity index (χ3n) is 3.49. The van der Waals surface area contributed by atoms with Crippen molar-refractivity contribution in [3.05, 3.63) is 52.0 Å². The summed E-state index contributed by atoms with van der Waals surface area (Å²) < 4.78 is 1.18. The van der Waals surface area contributed by atoms with E-state index < -0.39 is 0 Å². The van der Waals surface area contributed by atoms with Crippen molar-refractivity contribution in [2.24, 2.45) is 0 Å². The summed E-state index contributed by atoms with van der Waals surface area (Å²) in [5.41, 5.74) is 2.93. The minimum absolute atomic E-state index is 0.503. The first-order chi connectivity index (χ1) is 8.83. The van der Waals surface area contributed by atoms with Crippen LogP contribution in [0, 0.1) is 0 Å². The van der Waals surface area contributed by atoms with E-state index in [-0.39, 0.29) is 0 Å². The van der Waals surface area contributed by atoms with E-state index in [4.69, 9.17) is 0 Å². The Labute approximate surface area is 115 Å². The number of aromatic amines is 1. The minimum atomic E-state index is 0.503. The van der Waals surface area contributed by atoms with Crippen molar-refractivity contribution in [2.75, 3.05) is 6.54 Å². The summed E-state index contributed by atoms with van der Waals surface area (Å²) in [5.74, 6) is 1.05. The highest BCUT2D eigenvalue weighted by molar-refractivity contribution is 9.10. The molecular weight excluding hydrogens is 290 g/mol. The average Bonchev–Trinajstić information content (AvgIpc) is 2.99. The third-order valence-corrected chi connectivity index (χ3v) is 3.98. The number of hydrogen-bond acceptors (Lipinski definition) is 2. The predicted molar refractivity (Wildman–Crippen MR) is 75.5 cm³/mol. The summed E-state index contributed by atoms with van der Waals surface area (Å²) in [6.45, 7) is 0.966. The van der Waals surface area contributed by atoms with Crippen molar-refractivity contribution < 1.29 is 0 Å². The zero-order chi connectivity index (χ0) is 12.4. The second kappa shape index (κ2) is 5.24. The lowest BCUT2D eigenvalue weighted by molar-refractivity contribution is 0.530. The molecule has 0 spiro atoms. The summed E-state index contributed by atoms with van der Waals surface area (Å²) in [7, 11) is 0. The maximum absolute atomic E-state index is 4.23. The van der Waals surface area contributed by atoms with Crippen molar-refractivity contribution in [1.82, 2.24) is 15.3 Å². The fraction of sp³-hybridized carbons (Fsp3) is 0.357. The Bertz CT molecular complexity index is 522. The van der Waals surface area contributed by atoms with E-state index in [1.54, 1.807) is 6.20 Å². The predicted octanol–water partition coefficient (Wildman–Crippen LogP) is 2.99. The van der Waals surface area contributed by atoms with Gasteiger partial charge in [0.2, 0.25) is 0 Å². The van der Waals surface area contributed by atoms with Crippen molar-refractivity contribution in [3.8, 4) is 0 Å². The van der Waals surface area contributed by atoms with Crippen molar-refractivity contribution >= 4 is 15.9 Å². The smallest absolute Gasteiger partial charge is 0.107 e. The Morgan fingerprint density at radius 1 is 1.44 bits per heavy atom. The number of aryl methyl sites for hydroxylation is 1. The second-order valence-electron chi connectivity index (χ2n) is 4.67. The maximum Gasteiger partial charge on any atom is 0.107 e. The van der Waals surface area contributed by atoms with Crippen LogP contribution < -0.4 is 5.32 Å². The number of nitrogens with one attached hydrogen (secondary N) is 2. The second-order valence-corrected chi connectivity index (χ2v) is 5.59. The quantitative estimate of drug-likeness (QED) is 0.911. The molecule has 1 unspecified atom stereocenters. The molecule has 3 rings (SSSR count). The van der Waals surface area contributed by atoms with Crippen LogP contribution in [-0.2, 0) is 12.8 Å². The summed E-state index contributed by atoms with van der Waals surface area (Å²) in [6.07, 6.45) is 7.00. The van der Waals surface area contributed by atoms with Crippen molar-refractivity contribution in [2.45, 2.75) is 25.3 Å². The number of aromatic nitrogens is 2. The topological polar surface area (TPSA) is 40.7 Å². The first-order valence-corrected chi connectivity index (χ1v) is 7.12. The van der Waals surface area contributed by atoms with Gasteiger partial charge < -0.3 is 10.3 Å². The molecule has 1 aromatic heterocycles. The number of fused-ring (bicyclic) bond motifs is 1. The van der Waals surface area contributed by atoms with Crippen LogP contribution in [0.1, 0.15) is 29.4 Å². The Hall–Kier alpha value is -1.13. The normalized spacial score (nSPS) is 17.9. The van der Waals surface area contributed by atoms with Crippen molar-refractivity contribution in [1.29, 1.82) is 0 Å². The molecule has 0 fully saturated rings. The molecule has 2 aromatic rings. The molecule has 0 aliphatic heterocycles. The number of H-pyrrole nitrogens is 1. The van der Waals surface area contributed by atoms with Gasteiger partial charge in [0.15, 0.2) is 0 Å². The first-order valence-electron chi connectivity index (χ1n) is 6.33. The van der Waals surface area contributed by atoms with Crippen molar-refractivity contribution in [3.63, 3.8) is 0 Å². The standard InChI is InChI=1S/C14H16BrN3/c15-11-2-3-12-10(9-11)1-4-13(12)16-6-5-14-17-7-8-18-14/h2-3,7-9,13,16H,1,4-6H2,(H,17,18). The molecule has 0 radical (unpaired) electrons. The Balaban J connectivity index is 1.59. The fourth-order valence-corrected chi connectivity index (χ4v) is 3.01. The molecule has 3 nitrogen and oxygen atoms in total. The van der Waals surface area contributed by atoms with E-state index in [0.717, 1.165) is 18.8 Å². The fourth-order valence-electron chi connectivity index (χ4n) is 2.60. The van der Waals surface area contributed by atoms with E-state index in [9.17, 15) is 0 Å². The molecule has 0 bridgehead atoms. The highest BCUT2D eigenvalue weighted by Gasteiger charge is 2.21. The van der Waals surface area contributed by atoms with Gasteiger partial charge in [0.25, 0.3) is 0 Å². The molecule has 0 amide bonds. The van der Waals surface area contributed by atoms with Crippen LogP contribution in [0.4, 0.5) is 0 Å². The van der Waals surface area contributed by atoms with Crippen LogP contribution in [-0.4, -0.2) is 16.5 Å². The van der Waals surface area contributed by atoms with Gasteiger partial charge in [-0.3, -0.25) is 0 Å². The van der Waals surface area contributed by atoms with E-state index in [1.165, 1.54) is 28.4 Å². The van der Waals surface area contributed by atoms with Gasteiger partial charge in [-0.25, -0.2) is 4.98 Å². The monoisotopic (exact) mass is 305 g/mol. The molecule has 1 heterocycles. The number of halogens is 1. The lowest BCUT2D eigenvalue weighted by Gasteiger charge is -2.13. The van der Waals surface area contributed by atoms with Crippen LogP contribution >= 0.6 is 15.9 Å². The molecule has 0 saturated carbocycles. The van der Waals surface area contributed by atoms with Crippen LogP contribution in [0.3, 0.4) is 0 Å². The summed E-state index contributed by atoms with van der Waals surface area (Å²) in [4.78, 5) is 7.37. The molecule has 2 N–H and O–H groups in total. The van der Waals surface area contributed by atoms with Gasteiger partial charge in [-0.05, 0) is 36.1 Å². The average molecular weight is 306 g/mol. The molecular formula is C14H16BrN3.